The molecule has 0 aliphatic carbocycles. The van der Waals surface area contributed by atoms with Gasteiger partial charge in [0.2, 0.25) is 0 Å². The van der Waals surface area contributed by atoms with Crippen LogP contribution in [0.1, 0.15) is 5.56 Å². The second-order valence-corrected chi connectivity index (χ2v) is 3.93. The Kier molecular flexibility index (Phi) is 5.42. The molecule has 0 spiro atoms. The Morgan fingerprint density at radius 1 is 1.50 bits per heavy atom. The zero-order valence-corrected chi connectivity index (χ0v) is 11.1. The molecule has 1 rings (SSSR count). The lowest BCUT2D eigenvalue weighted by molar-refractivity contribution is -0.385. The molecule has 8 nitrogen and oxygen atoms in total. The van der Waals surface area contributed by atoms with Gasteiger partial charge in [-0.25, -0.2) is 0 Å². The fourth-order valence-corrected chi connectivity index (χ4v) is 1.33. The Hall–Kier alpha value is -2.68. The van der Waals surface area contributed by atoms with Crippen LogP contribution in [0, 0.1) is 10.1 Å². The molecule has 9 heteroatoms. The van der Waals surface area contributed by atoms with Crippen molar-refractivity contribution in [3.8, 4) is 11.5 Å². The van der Waals surface area contributed by atoms with Gasteiger partial charge in [0.15, 0.2) is 10.9 Å². The summed E-state index contributed by atoms with van der Waals surface area (Å²) in [6.07, 6.45) is 2.75. The fraction of sp³-hybridized carbons (Fsp3) is 0.0909. The first kappa shape index (κ1) is 15.4. The van der Waals surface area contributed by atoms with Gasteiger partial charge in [-0.2, -0.15) is 5.10 Å². The van der Waals surface area contributed by atoms with Crippen LogP contribution in [-0.2, 0) is 0 Å². The van der Waals surface area contributed by atoms with E-state index in [1.165, 1.54) is 0 Å². The Morgan fingerprint density at radius 3 is 2.80 bits per heavy atom. The highest BCUT2D eigenvalue weighted by molar-refractivity contribution is 7.80. The quantitative estimate of drug-likeness (QED) is 0.210. The van der Waals surface area contributed by atoms with Crippen LogP contribution in [0.3, 0.4) is 0 Å². The van der Waals surface area contributed by atoms with Crippen molar-refractivity contribution in [1.82, 2.24) is 10.7 Å². The summed E-state index contributed by atoms with van der Waals surface area (Å²) in [6, 6.07) is 1.86. The minimum absolute atomic E-state index is 0.0634. The second kappa shape index (κ2) is 7.04. The average Bonchev–Trinajstić information content (AvgIpc) is 2.38. The third-order valence-electron chi connectivity index (χ3n) is 2.10. The molecule has 106 valence electrons. The van der Waals surface area contributed by atoms with Crippen LogP contribution in [0.25, 0.3) is 0 Å². The molecule has 0 aliphatic rings. The summed E-state index contributed by atoms with van der Waals surface area (Å²) in [7, 11) is 0. The molecule has 0 fully saturated rings. The smallest absolute Gasteiger partial charge is 0.311 e. The molecular formula is C11H12N4O4S. The summed E-state index contributed by atoms with van der Waals surface area (Å²) in [6.45, 7) is 3.95. The third kappa shape index (κ3) is 4.21. The van der Waals surface area contributed by atoms with Gasteiger partial charge >= 0.3 is 5.69 Å². The molecule has 1 aromatic rings. The van der Waals surface area contributed by atoms with E-state index in [4.69, 9.17) is 12.2 Å². The number of nitrogens with zero attached hydrogens (tertiary/aromatic N) is 2. The molecule has 0 amide bonds. The van der Waals surface area contributed by atoms with Crippen LogP contribution in [-0.4, -0.2) is 33.0 Å². The number of hydrazone groups is 1. The number of rotatable bonds is 5. The number of thiocarbonyl (C=S) groups is 1. The lowest BCUT2D eigenvalue weighted by Gasteiger charge is -2.04. The molecule has 0 saturated heterocycles. The SMILES string of the molecule is C=CCNC(=S)NN=Cc1cc([N+](=O)[O-])c(O)cc1O. The van der Waals surface area contributed by atoms with Gasteiger partial charge in [-0.1, -0.05) is 6.08 Å². The molecule has 0 heterocycles. The van der Waals surface area contributed by atoms with Crippen LogP contribution in [0.4, 0.5) is 5.69 Å². The molecule has 0 atom stereocenters. The van der Waals surface area contributed by atoms with Crippen molar-refractivity contribution in [1.29, 1.82) is 0 Å². The van der Waals surface area contributed by atoms with Gasteiger partial charge in [0.05, 0.1) is 11.1 Å². The van der Waals surface area contributed by atoms with Crippen molar-refractivity contribution in [2.75, 3.05) is 6.54 Å². The maximum atomic E-state index is 10.6. The van der Waals surface area contributed by atoms with Gasteiger partial charge < -0.3 is 15.5 Å². The van der Waals surface area contributed by atoms with Crippen molar-refractivity contribution in [2.45, 2.75) is 0 Å². The van der Waals surface area contributed by atoms with E-state index in [2.05, 4.69) is 22.4 Å². The Bertz CT molecular complexity index is 574. The van der Waals surface area contributed by atoms with Gasteiger partial charge in [-0.05, 0) is 12.2 Å². The number of phenolic OH excluding ortho intramolecular Hbond substituents is 2. The Labute approximate surface area is 119 Å². The van der Waals surface area contributed by atoms with Gasteiger partial charge in [0.1, 0.15) is 5.75 Å². The van der Waals surface area contributed by atoms with Gasteiger partial charge in [0, 0.05) is 24.2 Å². The minimum Gasteiger partial charge on any atom is -0.507 e. The van der Waals surface area contributed by atoms with E-state index < -0.39 is 16.4 Å². The van der Waals surface area contributed by atoms with Gasteiger partial charge in [-0.3, -0.25) is 15.5 Å². The van der Waals surface area contributed by atoms with Crippen LogP contribution < -0.4 is 10.7 Å². The highest BCUT2D eigenvalue weighted by atomic mass is 32.1. The normalized spacial score (nSPS) is 10.2. The third-order valence-corrected chi connectivity index (χ3v) is 2.33. The summed E-state index contributed by atoms with van der Waals surface area (Å²) in [4.78, 5) is 9.88. The molecule has 0 saturated carbocycles. The highest BCUT2D eigenvalue weighted by Gasteiger charge is 2.16. The summed E-state index contributed by atoms with van der Waals surface area (Å²) < 4.78 is 0. The number of nitro groups is 1. The summed E-state index contributed by atoms with van der Waals surface area (Å²) >= 11 is 4.86. The van der Waals surface area contributed by atoms with Crippen molar-refractivity contribution in [3.05, 3.63) is 40.5 Å². The van der Waals surface area contributed by atoms with E-state index in [1.807, 2.05) is 0 Å². The number of benzene rings is 1. The van der Waals surface area contributed by atoms with Gasteiger partial charge in [0.25, 0.3) is 0 Å². The van der Waals surface area contributed by atoms with Crippen LogP contribution in [0.5, 0.6) is 11.5 Å². The van der Waals surface area contributed by atoms with E-state index in [9.17, 15) is 20.3 Å². The molecule has 0 unspecified atom stereocenters. The van der Waals surface area contributed by atoms with Crippen LogP contribution in [0.2, 0.25) is 0 Å². The Balaban J connectivity index is 2.81. The maximum absolute atomic E-state index is 10.6. The van der Waals surface area contributed by atoms with E-state index in [-0.39, 0.29) is 16.4 Å². The predicted octanol–water partition coefficient (Wildman–Crippen LogP) is 0.990. The summed E-state index contributed by atoms with van der Waals surface area (Å²) in [5.41, 5.74) is 1.99. The van der Waals surface area contributed by atoms with Crippen molar-refractivity contribution >= 4 is 29.2 Å². The van der Waals surface area contributed by atoms with Crippen LogP contribution in [0.15, 0.2) is 29.9 Å². The van der Waals surface area contributed by atoms with E-state index in [0.29, 0.717) is 6.54 Å². The number of aromatic hydroxyl groups is 2. The molecule has 0 aromatic heterocycles. The molecule has 0 aliphatic heterocycles. The van der Waals surface area contributed by atoms with Crippen molar-refractivity contribution < 1.29 is 15.1 Å². The van der Waals surface area contributed by atoms with E-state index in [1.54, 1.807) is 6.08 Å². The average molecular weight is 296 g/mol. The lowest BCUT2D eigenvalue weighted by atomic mass is 10.2. The monoisotopic (exact) mass is 296 g/mol. The molecule has 1 aromatic carbocycles. The standard InChI is InChI=1S/C11H12N4O4S/c1-2-3-12-11(20)14-13-6-7-4-8(15(18)19)10(17)5-9(7)16/h2,4-6,16-17H,1,3H2,(H2,12,14,20). The summed E-state index contributed by atoms with van der Waals surface area (Å²) in [5.74, 6) is -0.968. The molecule has 0 bridgehead atoms. The van der Waals surface area contributed by atoms with Crippen LogP contribution >= 0.6 is 12.2 Å². The van der Waals surface area contributed by atoms with E-state index in [0.717, 1.165) is 18.3 Å². The first-order valence-corrected chi connectivity index (χ1v) is 5.74. The fourth-order valence-electron chi connectivity index (χ4n) is 1.20. The number of hydrogen-bond donors (Lipinski definition) is 4. The van der Waals surface area contributed by atoms with E-state index >= 15 is 0 Å². The second-order valence-electron chi connectivity index (χ2n) is 3.53. The molecular weight excluding hydrogens is 284 g/mol. The first-order valence-electron chi connectivity index (χ1n) is 5.34. The van der Waals surface area contributed by atoms with Crippen molar-refractivity contribution in [2.24, 2.45) is 5.10 Å². The molecule has 0 radical (unpaired) electrons. The van der Waals surface area contributed by atoms with Gasteiger partial charge in [-0.15, -0.1) is 6.58 Å². The largest absolute Gasteiger partial charge is 0.507 e. The highest BCUT2D eigenvalue weighted by Crippen LogP contribution is 2.31. The zero-order valence-electron chi connectivity index (χ0n) is 10.2. The Morgan fingerprint density at radius 2 is 2.20 bits per heavy atom. The zero-order chi connectivity index (χ0) is 15.1. The number of nitro benzene ring substituents is 1. The first-order chi connectivity index (χ1) is 9.45. The maximum Gasteiger partial charge on any atom is 0.311 e. The topological polar surface area (TPSA) is 120 Å². The minimum atomic E-state index is -0.768. The molecule has 4 N–H and O–H groups in total. The molecule has 20 heavy (non-hydrogen) atoms. The number of phenols is 2. The summed E-state index contributed by atoms with van der Waals surface area (Å²) in [5, 5.41) is 36.2. The lowest BCUT2D eigenvalue weighted by Crippen LogP contribution is -2.31. The number of hydrogen-bond acceptors (Lipinski definition) is 6. The number of nitrogens with one attached hydrogen (secondary N) is 2. The predicted molar refractivity (Wildman–Crippen MR) is 78.0 cm³/mol. The van der Waals surface area contributed by atoms with Crippen molar-refractivity contribution in [3.63, 3.8) is 0 Å².